The molecule has 0 unspecified atom stereocenters. The number of anilines is 1. The van der Waals surface area contributed by atoms with Crippen LogP contribution in [0.2, 0.25) is 0 Å². The van der Waals surface area contributed by atoms with Crippen LogP contribution >= 0.6 is 23.6 Å². The SMILES string of the molecule is COc1ccc(-c2nc(N3CCCC3)c3sc(=S)n(-c4ccccc4)c3n2)cc1OC. The molecule has 31 heavy (non-hydrogen) atoms. The van der Waals surface area contributed by atoms with E-state index in [1.165, 1.54) is 12.8 Å². The van der Waals surface area contributed by atoms with Gasteiger partial charge in [-0.3, -0.25) is 4.57 Å². The van der Waals surface area contributed by atoms with Gasteiger partial charge in [0.2, 0.25) is 0 Å². The lowest BCUT2D eigenvalue weighted by molar-refractivity contribution is 0.355. The molecule has 2 aromatic heterocycles. The molecule has 0 bridgehead atoms. The quantitative estimate of drug-likeness (QED) is 0.375. The Labute approximate surface area is 189 Å². The van der Waals surface area contributed by atoms with E-state index in [4.69, 9.17) is 31.7 Å². The normalized spacial score (nSPS) is 13.7. The fourth-order valence-electron chi connectivity index (χ4n) is 3.94. The number of ether oxygens (including phenoxy) is 2. The van der Waals surface area contributed by atoms with Crippen molar-refractivity contribution >= 4 is 39.7 Å². The Balaban J connectivity index is 1.77. The largest absolute Gasteiger partial charge is 0.493 e. The molecular weight excluding hydrogens is 428 g/mol. The second kappa shape index (κ2) is 8.28. The molecule has 8 heteroatoms. The van der Waals surface area contributed by atoms with Gasteiger partial charge in [0.25, 0.3) is 0 Å². The second-order valence-electron chi connectivity index (χ2n) is 7.33. The number of nitrogens with zero attached hydrogens (tertiary/aromatic N) is 4. The number of rotatable bonds is 5. The van der Waals surface area contributed by atoms with Crippen molar-refractivity contribution in [2.45, 2.75) is 12.8 Å². The first kappa shape index (κ1) is 20.0. The summed E-state index contributed by atoms with van der Waals surface area (Å²) in [4.78, 5) is 12.3. The highest BCUT2D eigenvalue weighted by Crippen LogP contribution is 2.37. The Morgan fingerprint density at radius 1 is 0.935 bits per heavy atom. The summed E-state index contributed by atoms with van der Waals surface area (Å²) in [7, 11) is 3.26. The highest BCUT2D eigenvalue weighted by molar-refractivity contribution is 7.73. The van der Waals surface area contributed by atoms with E-state index in [0.717, 1.165) is 44.5 Å². The van der Waals surface area contributed by atoms with Gasteiger partial charge in [-0.15, -0.1) is 0 Å². The van der Waals surface area contributed by atoms with Crippen LogP contribution in [-0.4, -0.2) is 41.8 Å². The molecule has 0 saturated carbocycles. The third-order valence-corrected chi connectivity index (χ3v) is 6.83. The van der Waals surface area contributed by atoms with Gasteiger partial charge in [0, 0.05) is 24.3 Å². The number of para-hydroxylation sites is 1. The molecule has 158 valence electrons. The summed E-state index contributed by atoms with van der Waals surface area (Å²) < 4.78 is 14.7. The smallest absolute Gasteiger partial charge is 0.168 e. The average molecular weight is 451 g/mol. The lowest BCUT2D eigenvalue weighted by Gasteiger charge is -2.18. The molecule has 5 rings (SSSR count). The molecule has 4 aromatic rings. The first-order chi connectivity index (χ1) is 15.2. The van der Waals surface area contributed by atoms with Crippen molar-refractivity contribution in [3.63, 3.8) is 0 Å². The summed E-state index contributed by atoms with van der Waals surface area (Å²) in [5, 5.41) is 0. The minimum absolute atomic E-state index is 0.646. The van der Waals surface area contributed by atoms with Crippen molar-refractivity contribution in [1.29, 1.82) is 0 Å². The van der Waals surface area contributed by atoms with Gasteiger partial charge in [0.15, 0.2) is 32.7 Å². The van der Waals surface area contributed by atoms with E-state index in [-0.39, 0.29) is 0 Å². The first-order valence-electron chi connectivity index (χ1n) is 10.2. The molecule has 1 aliphatic heterocycles. The zero-order valence-corrected chi connectivity index (χ0v) is 19.0. The summed E-state index contributed by atoms with van der Waals surface area (Å²) >= 11 is 7.33. The molecule has 1 aliphatic rings. The molecule has 0 spiro atoms. The standard InChI is InChI=1S/C23H22N4O2S2/c1-28-17-11-10-15(14-18(17)29-2)20-24-21(26-12-6-7-13-26)19-22(25-20)27(23(30)31-19)16-8-4-3-5-9-16/h3-5,8-11,14H,6-7,12-13H2,1-2H3. The number of thiazole rings is 1. The van der Waals surface area contributed by atoms with Gasteiger partial charge in [-0.05, 0) is 55.4 Å². The van der Waals surface area contributed by atoms with E-state index in [9.17, 15) is 0 Å². The zero-order valence-electron chi connectivity index (χ0n) is 17.4. The van der Waals surface area contributed by atoms with Gasteiger partial charge in [-0.2, -0.15) is 0 Å². The van der Waals surface area contributed by atoms with Crippen LogP contribution in [0.1, 0.15) is 12.8 Å². The van der Waals surface area contributed by atoms with Crippen molar-refractivity contribution in [2.75, 3.05) is 32.2 Å². The molecule has 0 radical (unpaired) electrons. The van der Waals surface area contributed by atoms with Crippen LogP contribution in [0.5, 0.6) is 11.5 Å². The van der Waals surface area contributed by atoms with Gasteiger partial charge in [0.05, 0.1) is 14.2 Å². The minimum atomic E-state index is 0.646. The Kier molecular flexibility index (Phi) is 5.33. The van der Waals surface area contributed by atoms with E-state index in [0.29, 0.717) is 17.3 Å². The molecule has 0 N–H and O–H groups in total. The number of hydrogen-bond acceptors (Lipinski definition) is 7. The van der Waals surface area contributed by atoms with Crippen LogP contribution in [0.25, 0.3) is 27.4 Å². The van der Waals surface area contributed by atoms with Gasteiger partial charge in [-0.1, -0.05) is 29.5 Å². The van der Waals surface area contributed by atoms with E-state index in [2.05, 4.69) is 17.0 Å². The molecule has 0 amide bonds. The van der Waals surface area contributed by atoms with Crippen molar-refractivity contribution in [3.8, 4) is 28.6 Å². The van der Waals surface area contributed by atoms with Gasteiger partial charge in [-0.25, -0.2) is 9.97 Å². The molecule has 0 atom stereocenters. The lowest BCUT2D eigenvalue weighted by Crippen LogP contribution is -2.19. The summed E-state index contributed by atoms with van der Waals surface area (Å²) in [5.74, 6) is 2.93. The molecule has 1 fully saturated rings. The van der Waals surface area contributed by atoms with E-state index in [1.807, 2.05) is 41.0 Å². The number of hydrogen-bond donors (Lipinski definition) is 0. The van der Waals surface area contributed by atoms with E-state index >= 15 is 0 Å². The van der Waals surface area contributed by atoms with Crippen LogP contribution in [0.15, 0.2) is 48.5 Å². The highest BCUT2D eigenvalue weighted by atomic mass is 32.1. The van der Waals surface area contributed by atoms with Crippen LogP contribution in [-0.2, 0) is 0 Å². The summed E-state index contributed by atoms with van der Waals surface area (Å²) in [5.41, 5.74) is 2.71. The Bertz CT molecular complexity index is 1290. The Morgan fingerprint density at radius 3 is 2.39 bits per heavy atom. The van der Waals surface area contributed by atoms with E-state index < -0.39 is 0 Å². The fourth-order valence-corrected chi connectivity index (χ4v) is 5.34. The molecule has 1 saturated heterocycles. The highest BCUT2D eigenvalue weighted by Gasteiger charge is 2.23. The lowest BCUT2D eigenvalue weighted by atomic mass is 10.2. The van der Waals surface area contributed by atoms with Crippen LogP contribution < -0.4 is 14.4 Å². The van der Waals surface area contributed by atoms with Crippen molar-refractivity contribution < 1.29 is 9.47 Å². The molecule has 6 nitrogen and oxygen atoms in total. The summed E-state index contributed by atoms with van der Waals surface area (Å²) in [6.45, 7) is 1.99. The maximum atomic E-state index is 5.76. The average Bonchev–Trinajstić information content (AvgIpc) is 3.46. The first-order valence-corrected chi connectivity index (χ1v) is 11.4. The number of benzene rings is 2. The Morgan fingerprint density at radius 2 is 1.68 bits per heavy atom. The zero-order chi connectivity index (χ0) is 21.4. The van der Waals surface area contributed by atoms with Crippen molar-refractivity contribution in [3.05, 3.63) is 52.5 Å². The van der Waals surface area contributed by atoms with Crippen molar-refractivity contribution in [1.82, 2.24) is 14.5 Å². The van der Waals surface area contributed by atoms with Crippen LogP contribution in [0.4, 0.5) is 5.82 Å². The number of fused-ring (bicyclic) bond motifs is 1. The number of aromatic nitrogens is 3. The maximum Gasteiger partial charge on any atom is 0.168 e. The third-order valence-electron chi connectivity index (χ3n) is 5.48. The van der Waals surface area contributed by atoms with E-state index in [1.54, 1.807) is 25.6 Å². The third kappa shape index (κ3) is 3.55. The van der Waals surface area contributed by atoms with Gasteiger partial charge >= 0.3 is 0 Å². The minimum Gasteiger partial charge on any atom is -0.493 e. The Hall–Kier alpha value is -2.97. The molecule has 3 heterocycles. The number of methoxy groups -OCH3 is 2. The van der Waals surface area contributed by atoms with Crippen LogP contribution in [0, 0.1) is 3.95 Å². The summed E-state index contributed by atoms with van der Waals surface area (Å²) in [6.07, 6.45) is 2.34. The maximum absolute atomic E-state index is 5.76. The molecule has 2 aromatic carbocycles. The van der Waals surface area contributed by atoms with Crippen molar-refractivity contribution in [2.24, 2.45) is 0 Å². The monoisotopic (exact) mass is 450 g/mol. The second-order valence-corrected chi connectivity index (χ2v) is 8.97. The fraction of sp³-hybridized carbons (Fsp3) is 0.261. The molecule has 0 aliphatic carbocycles. The van der Waals surface area contributed by atoms with Gasteiger partial charge in [0.1, 0.15) is 4.70 Å². The van der Waals surface area contributed by atoms with Gasteiger partial charge < -0.3 is 14.4 Å². The molecular formula is C23H22N4O2S2. The predicted octanol–water partition coefficient (Wildman–Crippen LogP) is 5.50. The topological polar surface area (TPSA) is 52.4 Å². The van der Waals surface area contributed by atoms with Crippen LogP contribution in [0.3, 0.4) is 0 Å². The predicted molar refractivity (Wildman–Crippen MR) is 128 cm³/mol. The summed E-state index contributed by atoms with van der Waals surface area (Å²) in [6, 6.07) is 15.9.